The van der Waals surface area contributed by atoms with Crippen LogP contribution in [-0.2, 0) is 0 Å². The van der Waals surface area contributed by atoms with E-state index >= 15 is 0 Å². The van der Waals surface area contributed by atoms with Crippen LogP contribution in [0.1, 0.15) is 0 Å². The van der Waals surface area contributed by atoms with Crippen molar-refractivity contribution in [1.29, 1.82) is 0 Å². The molecule has 1 aliphatic heterocycles. The molecular formula is C14H12FNO2. The van der Waals surface area contributed by atoms with E-state index in [2.05, 4.69) is 0 Å². The molecule has 0 saturated heterocycles. The first-order valence-corrected chi connectivity index (χ1v) is 5.69. The average molecular weight is 245 g/mol. The number of benzene rings is 2. The number of nitrogen functional groups attached to an aromatic ring is 1. The van der Waals surface area contributed by atoms with Crippen LogP contribution in [0.2, 0.25) is 0 Å². The topological polar surface area (TPSA) is 44.5 Å². The number of anilines is 1. The highest BCUT2D eigenvalue weighted by molar-refractivity contribution is 5.69. The molecule has 1 heterocycles. The predicted molar refractivity (Wildman–Crippen MR) is 67.2 cm³/mol. The average Bonchev–Trinajstić information content (AvgIpc) is 2.41. The first kappa shape index (κ1) is 10.9. The fraction of sp³-hybridized carbons (Fsp3) is 0.143. The second-order valence-electron chi connectivity index (χ2n) is 4.09. The van der Waals surface area contributed by atoms with Crippen molar-refractivity contribution in [3.05, 3.63) is 42.2 Å². The van der Waals surface area contributed by atoms with Crippen molar-refractivity contribution >= 4 is 5.69 Å². The Kier molecular flexibility index (Phi) is 2.55. The molecule has 0 fully saturated rings. The van der Waals surface area contributed by atoms with Gasteiger partial charge in [0.05, 0.1) is 5.69 Å². The lowest BCUT2D eigenvalue weighted by Gasteiger charge is -2.19. The van der Waals surface area contributed by atoms with Crippen LogP contribution in [0.3, 0.4) is 0 Å². The summed E-state index contributed by atoms with van der Waals surface area (Å²) in [6, 6.07) is 10.3. The quantitative estimate of drug-likeness (QED) is 0.786. The Morgan fingerprint density at radius 2 is 1.56 bits per heavy atom. The van der Waals surface area contributed by atoms with Gasteiger partial charge in [-0.25, -0.2) is 4.39 Å². The summed E-state index contributed by atoms with van der Waals surface area (Å²) in [7, 11) is 0. The van der Waals surface area contributed by atoms with E-state index in [1.54, 1.807) is 12.1 Å². The van der Waals surface area contributed by atoms with Crippen molar-refractivity contribution in [2.24, 2.45) is 0 Å². The SMILES string of the molecule is Nc1ccc(-c2ccc3c(c2)OCCO3)cc1F. The van der Waals surface area contributed by atoms with Crippen LogP contribution in [0.4, 0.5) is 10.1 Å². The van der Waals surface area contributed by atoms with Gasteiger partial charge in [-0.3, -0.25) is 0 Å². The van der Waals surface area contributed by atoms with Gasteiger partial charge in [0.15, 0.2) is 11.5 Å². The highest BCUT2D eigenvalue weighted by Gasteiger charge is 2.12. The minimum absolute atomic E-state index is 0.149. The van der Waals surface area contributed by atoms with Crippen LogP contribution in [0, 0.1) is 5.82 Å². The predicted octanol–water partition coefficient (Wildman–Crippen LogP) is 2.85. The summed E-state index contributed by atoms with van der Waals surface area (Å²) in [5.74, 6) is 0.999. The molecule has 0 atom stereocenters. The largest absolute Gasteiger partial charge is 0.486 e. The molecule has 0 spiro atoms. The molecule has 0 aromatic heterocycles. The maximum atomic E-state index is 13.4. The molecule has 4 heteroatoms. The van der Waals surface area contributed by atoms with E-state index in [0.717, 1.165) is 16.9 Å². The third kappa shape index (κ3) is 1.86. The maximum Gasteiger partial charge on any atom is 0.161 e. The van der Waals surface area contributed by atoms with Crippen molar-refractivity contribution in [3.63, 3.8) is 0 Å². The zero-order valence-electron chi connectivity index (χ0n) is 9.65. The number of hydrogen-bond donors (Lipinski definition) is 1. The van der Waals surface area contributed by atoms with Gasteiger partial charge in [0, 0.05) is 0 Å². The van der Waals surface area contributed by atoms with E-state index in [-0.39, 0.29) is 5.69 Å². The van der Waals surface area contributed by atoms with Gasteiger partial charge in [-0.15, -0.1) is 0 Å². The fourth-order valence-corrected chi connectivity index (χ4v) is 1.93. The Hall–Kier alpha value is -2.23. The summed E-state index contributed by atoms with van der Waals surface area (Å²) in [5, 5.41) is 0. The second kappa shape index (κ2) is 4.22. The van der Waals surface area contributed by atoms with Crippen molar-refractivity contribution in [2.45, 2.75) is 0 Å². The van der Waals surface area contributed by atoms with E-state index in [9.17, 15) is 4.39 Å². The van der Waals surface area contributed by atoms with Crippen molar-refractivity contribution in [3.8, 4) is 22.6 Å². The second-order valence-corrected chi connectivity index (χ2v) is 4.09. The number of nitrogens with two attached hydrogens (primary N) is 1. The van der Waals surface area contributed by atoms with Crippen LogP contribution in [-0.4, -0.2) is 13.2 Å². The minimum atomic E-state index is -0.414. The molecule has 3 nitrogen and oxygen atoms in total. The Morgan fingerprint density at radius 3 is 2.33 bits per heavy atom. The lowest BCUT2D eigenvalue weighted by atomic mass is 10.0. The summed E-state index contributed by atoms with van der Waals surface area (Å²) < 4.78 is 24.4. The van der Waals surface area contributed by atoms with Gasteiger partial charge in [0.1, 0.15) is 19.0 Å². The van der Waals surface area contributed by atoms with E-state index in [1.807, 2.05) is 18.2 Å². The van der Waals surface area contributed by atoms with Gasteiger partial charge >= 0.3 is 0 Å². The molecule has 92 valence electrons. The van der Waals surface area contributed by atoms with Gasteiger partial charge in [-0.1, -0.05) is 12.1 Å². The Morgan fingerprint density at radius 1 is 0.889 bits per heavy atom. The molecule has 0 aliphatic carbocycles. The number of fused-ring (bicyclic) bond motifs is 1. The number of halogens is 1. The van der Waals surface area contributed by atoms with Gasteiger partial charge < -0.3 is 15.2 Å². The summed E-state index contributed by atoms with van der Waals surface area (Å²) in [6.07, 6.45) is 0. The van der Waals surface area contributed by atoms with E-state index in [4.69, 9.17) is 15.2 Å². The van der Waals surface area contributed by atoms with E-state index in [1.165, 1.54) is 6.07 Å². The van der Waals surface area contributed by atoms with Gasteiger partial charge in [-0.2, -0.15) is 0 Å². The standard InChI is InChI=1S/C14H12FNO2/c15-11-7-9(1-3-12(11)16)10-2-4-13-14(8-10)18-6-5-17-13/h1-4,7-8H,5-6,16H2. The fourth-order valence-electron chi connectivity index (χ4n) is 1.93. The minimum Gasteiger partial charge on any atom is -0.486 e. The third-order valence-corrected chi connectivity index (χ3v) is 2.88. The Balaban J connectivity index is 2.03. The van der Waals surface area contributed by atoms with Gasteiger partial charge in [-0.05, 0) is 35.4 Å². The molecule has 18 heavy (non-hydrogen) atoms. The summed E-state index contributed by atoms with van der Waals surface area (Å²) >= 11 is 0. The first-order chi connectivity index (χ1) is 8.74. The van der Waals surface area contributed by atoms with E-state index in [0.29, 0.717) is 19.0 Å². The molecular weight excluding hydrogens is 233 g/mol. The lowest BCUT2D eigenvalue weighted by molar-refractivity contribution is 0.171. The molecule has 2 aromatic rings. The molecule has 0 saturated carbocycles. The third-order valence-electron chi connectivity index (χ3n) is 2.88. The van der Waals surface area contributed by atoms with Crippen molar-refractivity contribution < 1.29 is 13.9 Å². The molecule has 2 aromatic carbocycles. The molecule has 1 aliphatic rings. The molecule has 0 radical (unpaired) electrons. The maximum absolute atomic E-state index is 13.4. The number of hydrogen-bond acceptors (Lipinski definition) is 3. The highest BCUT2D eigenvalue weighted by atomic mass is 19.1. The first-order valence-electron chi connectivity index (χ1n) is 5.69. The summed E-state index contributed by atoms with van der Waals surface area (Å²) in [5.41, 5.74) is 7.24. The summed E-state index contributed by atoms with van der Waals surface area (Å²) in [4.78, 5) is 0. The van der Waals surface area contributed by atoms with Crippen LogP contribution < -0.4 is 15.2 Å². The zero-order chi connectivity index (χ0) is 12.5. The monoisotopic (exact) mass is 245 g/mol. The van der Waals surface area contributed by atoms with Crippen LogP contribution in [0.15, 0.2) is 36.4 Å². The van der Waals surface area contributed by atoms with E-state index < -0.39 is 5.82 Å². The molecule has 0 amide bonds. The van der Waals surface area contributed by atoms with Crippen LogP contribution in [0.5, 0.6) is 11.5 Å². The van der Waals surface area contributed by atoms with Crippen LogP contribution in [0.25, 0.3) is 11.1 Å². The highest BCUT2D eigenvalue weighted by Crippen LogP contribution is 2.34. The number of ether oxygens (including phenoxy) is 2. The Labute approximate surface area is 104 Å². The zero-order valence-corrected chi connectivity index (χ0v) is 9.65. The lowest BCUT2D eigenvalue weighted by Crippen LogP contribution is -2.15. The van der Waals surface area contributed by atoms with Gasteiger partial charge in [0.2, 0.25) is 0 Å². The normalized spacial score (nSPS) is 13.4. The molecule has 0 unspecified atom stereocenters. The van der Waals surface area contributed by atoms with Crippen molar-refractivity contribution in [1.82, 2.24) is 0 Å². The molecule has 2 N–H and O–H groups in total. The van der Waals surface area contributed by atoms with Crippen molar-refractivity contribution in [2.75, 3.05) is 18.9 Å². The Bertz CT molecular complexity index is 598. The summed E-state index contributed by atoms with van der Waals surface area (Å²) in [6.45, 7) is 1.09. The molecule has 0 bridgehead atoms. The molecule has 3 rings (SSSR count). The number of rotatable bonds is 1. The van der Waals surface area contributed by atoms with Crippen LogP contribution >= 0.6 is 0 Å². The van der Waals surface area contributed by atoms with Gasteiger partial charge in [0.25, 0.3) is 0 Å². The smallest absolute Gasteiger partial charge is 0.161 e.